The first-order valence-electron chi connectivity index (χ1n) is 17.0. The normalized spacial score (nSPS) is 20.2. The second kappa shape index (κ2) is 13.7. The highest BCUT2D eigenvalue weighted by Crippen LogP contribution is 2.43. The van der Waals surface area contributed by atoms with Crippen molar-refractivity contribution in [2.75, 3.05) is 55.9 Å². The standard InChI is InChI=1S/C37H39Cl2FN4O7/c1-37(2,3)51-36(48)42-11-9-41(10-12-42)24-13-28(38)32(29(39)14-24)34(45)43-17-21-5-4-6-25(33(21)50-20-43)26-16-31(27(35(46)47)15-30(26)40)44-22-7-8-23(44)19-49-18-22/h4-6,13-16,22-23H,7-12,17-20H2,1-3H3,(H,46,47). The zero-order valence-corrected chi connectivity index (χ0v) is 30.1. The van der Waals surface area contributed by atoms with E-state index in [1.807, 2.05) is 25.7 Å². The Balaban J connectivity index is 1.10. The Morgan fingerprint density at radius 3 is 2.22 bits per heavy atom. The van der Waals surface area contributed by atoms with Gasteiger partial charge in [0, 0.05) is 48.6 Å². The third kappa shape index (κ3) is 6.88. The van der Waals surface area contributed by atoms with Gasteiger partial charge in [0.05, 0.1) is 58.7 Å². The van der Waals surface area contributed by atoms with E-state index in [2.05, 4.69) is 4.90 Å². The predicted molar refractivity (Wildman–Crippen MR) is 191 cm³/mol. The Kier molecular flexibility index (Phi) is 9.45. The van der Waals surface area contributed by atoms with E-state index in [4.69, 9.17) is 37.4 Å². The van der Waals surface area contributed by atoms with Gasteiger partial charge in [-0.3, -0.25) is 4.79 Å². The molecule has 0 aliphatic carbocycles. The maximum atomic E-state index is 15.7. The van der Waals surface area contributed by atoms with Gasteiger partial charge in [0.25, 0.3) is 5.91 Å². The van der Waals surface area contributed by atoms with E-state index in [0.717, 1.165) is 24.6 Å². The highest BCUT2D eigenvalue weighted by molar-refractivity contribution is 6.40. The number of halogens is 3. The number of amides is 2. The number of ether oxygens (including phenoxy) is 3. The molecule has 2 amide bonds. The minimum Gasteiger partial charge on any atom is -0.478 e. The molecule has 3 aromatic carbocycles. The Morgan fingerprint density at radius 2 is 1.59 bits per heavy atom. The third-order valence-corrected chi connectivity index (χ3v) is 10.4. The number of rotatable bonds is 5. The van der Waals surface area contributed by atoms with Crippen molar-refractivity contribution in [1.29, 1.82) is 0 Å². The topological polar surface area (TPSA) is 112 Å². The Labute approximate surface area is 305 Å². The van der Waals surface area contributed by atoms with Crippen molar-refractivity contribution >= 4 is 52.5 Å². The van der Waals surface area contributed by atoms with Crippen molar-refractivity contribution < 1.29 is 38.1 Å². The van der Waals surface area contributed by atoms with E-state index in [-0.39, 0.29) is 58.2 Å². The summed E-state index contributed by atoms with van der Waals surface area (Å²) in [7, 11) is 0. The van der Waals surface area contributed by atoms with E-state index in [1.54, 1.807) is 41.3 Å². The molecule has 51 heavy (non-hydrogen) atoms. The van der Waals surface area contributed by atoms with Gasteiger partial charge in [-0.2, -0.15) is 0 Å². The van der Waals surface area contributed by atoms with Crippen LogP contribution < -0.4 is 14.5 Å². The molecule has 14 heteroatoms. The van der Waals surface area contributed by atoms with Gasteiger partial charge in [0.15, 0.2) is 6.73 Å². The fourth-order valence-electron chi connectivity index (χ4n) is 7.37. The minimum absolute atomic E-state index is 0.0164. The molecule has 3 aromatic rings. The van der Waals surface area contributed by atoms with Crippen molar-refractivity contribution in [3.63, 3.8) is 0 Å². The number of piperazine rings is 1. The molecule has 3 saturated heterocycles. The molecule has 0 saturated carbocycles. The van der Waals surface area contributed by atoms with Gasteiger partial charge in [-0.15, -0.1) is 0 Å². The molecule has 2 atom stereocenters. The highest BCUT2D eigenvalue weighted by atomic mass is 35.5. The maximum Gasteiger partial charge on any atom is 0.410 e. The summed E-state index contributed by atoms with van der Waals surface area (Å²) < 4.78 is 33.1. The average molecular weight is 742 g/mol. The van der Waals surface area contributed by atoms with Gasteiger partial charge >= 0.3 is 12.1 Å². The van der Waals surface area contributed by atoms with Crippen LogP contribution in [-0.2, 0) is 16.0 Å². The first kappa shape index (κ1) is 35.2. The summed E-state index contributed by atoms with van der Waals surface area (Å²) in [5, 5.41) is 10.4. The van der Waals surface area contributed by atoms with Crippen molar-refractivity contribution in [2.45, 2.75) is 57.8 Å². The fraction of sp³-hybridized carbons (Fsp3) is 0.432. The number of carbonyl (C=O) groups excluding carboxylic acids is 2. The van der Waals surface area contributed by atoms with Crippen LogP contribution in [0.15, 0.2) is 42.5 Å². The lowest BCUT2D eigenvalue weighted by atomic mass is 9.96. The Morgan fingerprint density at radius 1 is 0.922 bits per heavy atom. The van der Waals surface area contributed by atoms with Crippen molar-refractivity contribution in [3.05, 3.63) is 75.0 Å². The van der Waals surface area contributed by atoms with Crippen LogP contribution in [0.5, 0.6) is 5.75 Å². The van der Waals surface area contributed by atoms with Crippen LogP contribution in [0, 0.1) is 5.82 Å². The maximum absolute atomic E-state index is 15.7. The summed E-state index contributed by atoms with van der Waals surface area (Å²) >= 11 is 13.4. The van der Waals surface area contributed by atoms with Gasteiger partial charge in [0.1, 0.15) is 17.2 Å². The molecule has 1 N–H and O–H groups in total. The molecular formula is C37H39Cl2FN4O7. The van der Waals surface area contributed by atoms with Crippen molar-refractivity contribution in [1.82, 2.24) is 9.80 Å². The largest absolute Gasteiger partial charge is 0.478 e. The van der Waals surface area contributed by atoms with Crippen LogP contribution in [0.4, 0.5) is 20.6 Å². The average Bonchev–Trinajstić information content (AvgIpc) is 3.33. The van der Waals surface area contributed by atoms with Crippen LogP contribution in [0.1, 0.15) is 59.9 Å². The number of carbonyl (C=O) groups is 3. The van der Waals surface area contributed by atoms with Crippen LogP contribution in [0.2, 0.25) is 10.0 Å². The van der Waals surface area contributed by atoms with E-state index in [9.17, 15) is 19.5 Å². The van der Waals surface area contributed by atoms with Crippen LogP contribution >= 0.6 is 23.2 Å². The molecule has 3 fully saturated rings. The number of aromatic carboxylic acids is 1. The molecular weight excluding hydrogens is 702 g/mol. The molecule has 270 valence electrons. The number of carboxylic acids is 1. The number of carboxylic acid groups (broad SMARTS) is 1. The lowest BCUT2D eigenvalue weighted by molar-refractivity contribution is 0.0240. The molecule has 0 aromatic heterocycles. The summed E-state index contributed by atoms with van der Waals surface area (Å²) in [5.41, 5.74) is 1.97. The third-order valence-electron chi connectivity index (χ3n) is 9.77. The van der Waals surface area contributed by atoms with E-state index in [1.165, 1.54) is 4.90 Å². The molecule has 4 aliphatic rings. The van der Waals surface area contributed by atoms with Gasteiger partial charge < -0.3 is 38.9 Å². The summed E-state index contributed by atoms with van der Waals surface area (Å²) in [4.78, 5) is 45.8. The first-order valence-corrected chi connectivity index (χ1v) is 17.7. The van der Waals surface area contributed by atoms with E-state index < -0.39 is 23.3 Å². The molecule has 4 aliphatic heterocycles. The van der Waals surface area contributed by atoms with Gasteiger partial charge in [-0.25, -0.2) is 14.0 Å². The second-order valence-corrected chi connectivity index (χ2v) is 15.1. The highest BCUT2D eigenvalue weighted by Gasteiger charge is 2.40. The van der Waals surface area contributed by atoms with Gasteiger partial charge in [-0.05, 0) is 57.9 Å². The molecule has 0 radical (unpaired) electrons. The minimum atomic E-state index is -1.20. The number of fused-ring (bicyclic) bond motifs is 3. The lowest BCUT2D eigenvalue weighted by Crippen LogP contribution is -2.50. The number of hydrogen-bond acceptors (Lipinski definition) is 8. The molecule has 7 rings (SSSR count). The van der Waals surface area contributed by atoms with Crippen LogP contribution in [0.25, 0.3) is 11.1 Å². The van der Waals surface area contributed by atoms with Crippen LogP contribution in [-0.4, -0.2) is 96.7 Å². The number of anilines is 2. The zero-order chi connectivity index (χ0) is 36.2. The lowest BCUT2D eigenvalue weighted by Gasteiger charge is -2.37. The molecule has 0 spiro atoms. The van der Waals surface area contributed by atoms with Crippen molar-refractivity contribution in [3.8, 4) is 16.9 Å². The Hall–Kier alpha value is -4.26. The van der Waals surface area contributed by atoms with Gasteiger partial charge in [0.2, 0.25) is 0 Å². The molecule has 11 nitrogen and oxygen atoms in total. The molecule has 2 unspecified atom stereocenters. The smallest absolute Gasteiger partial charge is 0.410 e. The number of morpholine rings is 1. The second-order valence-electron chi connectivity index (χ2n) is 14.3. The van der Waals surface area contributed by atoms with Gasteiger partial charge in [-0.1, -0.05) is 41.4 Å². The summed E-state index contributed by atoms with van der Waals surface area (Å²) in [6, 6.07) is 11.4. The number of para-hydroxylation sites is 1. The zero-order valence-electron chi connectivity index (χ0n) is 28.6. The first-order chi connectivity index (χ1) is 24.3. The molecule has 4 heterocycles. The quantitative estimate of drug-likeness (QED) is 0.298. The Bertz CT molecular complexity index is 1860. The predicted octanol–water partition coefficient (Wildman–Crippen LogP) is 6.91. The summed E-state index contributed by atoms with van der Waals surface area (Å²) in [6.45, 7) is 8.46. The number of benzene rings is 3. The fourth-order valence-corrected chi connectivity index (χ4v) is 8.01. The van der Waals surface area contributed by atoms with E-state index >= 15 is 4.39 Å². The van der Waals surface area contributed by atoms with E-state index in [0.29, 0.717) is 62.0 Å². The monoisotopic (exact) mass is 740 g/mol. The number of hydrogen-bond donors (Lipinski definition) is 1. The van der Waals surface area contributed by atoms with Crippen molar-refractivity contribution in [2.24, 2.45) is 0 Å². The molecule has 2 bridgehead atoms. The summed E-state index contributed by atoms with van der Waals surface area (Å²) in [6.07, 6.45) is 1.38. The summed E-state index contributed by atoms with van der Waals surface area (Å²) in [5.74, 6) is -1.90. The number of nitrogens with zero attached hydrogens (tertiary/aromatic N) is 4. The SMILES string of the molecule is CC(C)(C)OC(=O)N1CCN(c2cc(Cl)c(C(=O)N3COc4c(cccc4-c4cc(N5C6CCC5COC6)c(C(=O)O)cc4F)C3)c(Cl)c2)CC1. The van der Waals surface area contributed by atoms with Crippen LogP contribution in [0.3, 0.4) is 0 Å².